The van der Waals surface area contributed by atoms with E-state index in [0.717, 1.165) is 16.2 Å². The van der Waals surface area contributed by atoms with Crippen molar-refractivity contribution in [1.82, 2.24) is 5.32 Å². The van der Waals surface area contributed by atoms with Gasteiger partial charge in [-0.25, -0.2) is 16.8 Å². The third kappa shape index (κ3) is 4.67. The van der Waals surface area contributed by atoms with E-state index in [4.69, 9.17) is 10.7 Å². The minimum Gasteiger partial charge on any atom is -0.355 e. The van der Waals surface area contributed by atoms with Gasteiger partial charge in [-0.05, 0) is 25.0 Å². The maximum absolute atomic E-state index is 11.8. The fraction of sp³-hybridized carbons (Fsp3) is 0.545. The van der Waals surface area contributed by atoms with Crippen LogP contribution in [0.15, 0.2) is 16.3 Å². The Labute approximate surface area is 131 Å². The number of thiophene rings is 1. The Morgan fingerprint density at radius 2 is 2.14 bits per heavy atom. The van der Waals surface area contributed by atoms with Crippen molar-refractivity contribution < 1.29 is 21.6 Å². The van der Waals surface area contributed by atoms with Gasteiger partial charge in [0.25, 0.3) is 9.05 Å². The fourth-order valence-corrected chi connectivity index (χ4v) is 5.94. The van der Waals surface area contributed by atoms with E-state index in [9.17, 15) is 21.6 Å². The molecule has 0 aliphatic carbocycles. The molecule has 1 unspecified atom stereocenters. The molecule has 1 aromatic heterocycles. The zero-order chi connectivity index (χ0) is 15.7. The van der Waals surface area contributed by atoms with E-state index in [-0.39, 0.29) is 21.6 Å². The average molecular weight is 372 g/mol. The van der Waals surface area contributed by atoms with Gasteiger partial charge in [-0.1, -0.05) is 0 Å². The molecule has 0 saturated carbocycles. The van der Waals surface area contributed by atoms with Crippen LogP contribution in [0.2, 0.25) is 0 Å². The number of halogens is 1. The van der Waals surface area contributed by atoms with Gasteiger partial charge >= 0.3 is 0 Å². The molecule has 1 aromatic rings. The molecule has 1 atom stereocenters. The van der Waals surface area contributed by atoms with Gasteiger partial charge in [-0.15, -0.1) is 11.3 Å². The first-order valence-electron chi connectivity index (χ1n) is 6.19. The van der Waals surface area contributed by atoms with E-state index in [0.29, 0.717) is 19.4 Å². The lowest BCUT2D eigenvalue weighted by molar-refractivity contribution is -0.124. The number of hydrogen-bond donors (Lipinski definition) is 1. The Balaban J connectivity index is 1.82. The number of carbonyl (C=O) groups is 1. The summed E-state index contributed by atoms with van der Waals surface area (Å²) in [5.41, 5.74) is 0. The van der Waals surface area contributed by atoms with Crippen LogP contribution in [0.4, 0.5) is 0 Å². The number of amides is 1. The molecule has 0 aromatic carbocycles. The third-order valence-corrected chi connectivity index (χ3v) is 8.16. The van der Waals surface area contributed by atoms with E-state index >= 15 is 0 Å². The molecular weight excluding hydrogens is 358 g/mol. The van der Waals surface area contributed by atoms with E-state index in [2.05, 4.69) is 5.32 Å². The molecular formula is C11H14ClNO5S3. The lowest BCUT2D eigenvalue weighted by atomic mass is 10.1. The van der Waals surface area contributed by atoms with Gasteiger partial charge in [-0.2, -0.15) is 0 Å². The van der Waals surface area contributed by atoms with Crippen LogP contribution in [0, 0.1) is 5.92 Å². The van der Waals surface area contributed by atoms with E-state index in [1.165, 1.54) is 6.07 Å². The molecule has 10 heteroatoms. The molecule has 2 heterocycles. The Kier molecular flexibility index (Phi) is 4.96. The Bertz CT molecular complexity index is 738. The van der Waals surface area contributed by atoms with Gasteiger partial charge in [0, 0.05) is 22.1 Å². The smallest absolute Gasteiger partial charge is 0.270 e. The lowest BCUT2D eigenvalue weighted by Crippen LogP contribution is -2.32. The Morgan fingerprint density at radius 3 is 2.67 bits per heavy atom. The van der Waals surface area contributed by atoms with Crippen molar-refractivity contribution in [2.24, 2.45) is 5.92 Å². The van der Waals surface area contributed by atoms with E-state index in [1.54, 1.807) is 6.07 Å². The van der Waals surface area contributed by atoms with Crippen LogP contribution in [0.3, 0.4) is 0 Å². The summed E-state index contributed by atoms with van der Waals surface area (Å²) in [7, 11) is -1.56. The highest BCUT2D eigenvalue weighted by Gasteiger charge is 2.32. The minimum absolute atomic E-state index is 0.0625. The molecule has 21 heavy (non-hydrogen) atoms. The highest BCUT2D eigenvalue weighted by Crippen LogP contribution is 2.25. The second-order valence-corrected chi connectivity index (χ2v) is 11.0. The maximum Gasteiger partial charge on any atom is 0.270 e. The van der Waals surface area contributed by atoms with Crippen molar-refractivity contribution in [1.29, 1.82) is 0 Å². The van der Waals surface area contributed by atoms with Crippen LogP contribution in [-0.2, 0) is 30.1 Å². The van der Waals surface area contributed by atoms with E-state index in [1.807, 2.05) is 0 Å². The van der Waals surface area contributed by atoms with Gasteiger partial charge < -0.3 is 5.32 Å². The highest BCUT2D eigenvalue weighted by molar-refractivity contribution is 8.15. The van der Waals surface area contributed by atoms with Gasteiger partial charge in [0.1, 0.15) is 4.21 Å². The van der Waals surface area contributed by atoms with Crippen LogP contribution in [0.1, 0.15) is 11.3 Å². The predicted molar refractivity (Wildman–Crippen MR) is 80.8 cm³/mol. The van der Waals surface area contributed by atoms with E-state index < -0.39 is 24.8 Å². The average Bonchev–Trinajstić information content (AvgIpc) is 2.95. The molecule has 1 fully saturated rings. The predicted octanol–water partition coefficient (Wildman–Crippen LogP) is 0.769. The second-order valence-electron chi connectivity index (χ2n) is 4.80. The standard InChI is InChI=1S/C11H14ClNO5S3/c12-21(17,18)10-2-1-9(19-10)3-5-13-11(14)8-4-6-20(15,16)7-8/h1-2,8H,3-7H2,(H,13,14). The molecule has 2 rings (SSSR count). The van der Waals surface area contributed by atoms with Crippen LogP contribution < -0.4 is 5.32 Å². The molecule has 0 bridgehead atoms. The van der Waals surface area contributed by atoms with Crippen LogP contribution in [-0.4, -0.2) is 40.8 Å². The van der Waals surface area contributed by atoms with Crippen LogP contribution in [0.25, 0.3) is 0 Å². The topological polar surface area (TPSA) is 97.4 Å². The number of carbonyl (C=O) groups excluding carboxylic acids is 1. The van der Waals surface area contributed by atoms with Gasteiger partial charge in [0.05, 0.1) is 17.4 Å². The fourth-order valence-electron chi connectivity index (χ4n) is 2.08. The Hall–Kier alpha value is -0.640. The SMILES string of the molecule is O=C(NCCc1ccc(S(=O)(=O)Cl)s1)C1CCS(=O)(=O)C1. The highest BCUT2D eigenvalue weighted by atomic mass is 35.7. The quantitative estimate of drug-likeness (QED) is 0.771. The van der Waals surface area contributed by atoms with Crippen molar-refractivity contribution in [2.45, 2.75) is 17.1 Å². The van der Waals surface area contributed by atoms with Crippen molar-refractivity contribution in [3.05, 3.63) is 17.0 Å². The molecule has 0 spiro atoms. The first kappa shape index (κ1) is 16.7. The molecule has 1 aliphatic heterocycles. The largest absolute Gasteiger partial charge is 0.355 e. The number of hydrogen-bond acceptors (Lipinski definition) is 6. The number of nitrogens with one attached hydrogen (secondary N) is 1. The summed E-state index contributed by atoms with van der Waals surface area (Å²) in [6, 6.07) is 3.07. The lowest BCUT2D eigenvalue weighted by Gasteiger charge is -2.08. The molecule has 1 amide bonds. The molecule has 1 aliphatic rings. The zero-order valence-electron chi connectivity index (χ0n) is 10.9. The monoisotopic (exact) mass is 371 g/mol. The summed E-state index contributed by atoms with van der Waals surface area (Å²) in [6.45, 7) is 0.331. The number of sulfone groups is 1. The summed E-state index contributed by atoms with van der Waals surface area (Å²) in [5.74, 6) is -0.769. The second kappa shape index (κ2) is 6.23. The molecule has 1 N–H and O–H groups in total. The van der Waals surface area contributed by atoms with Crippen LogP contribution >= 0.6 is 22.0 Å². The Morgan fingerprint density at radius 1 is 1.43 bits per heavy atom. The maximum atomic E-state index is 11.8. The molecule has 118 valence electrons. The first-order chi connectivity index (χ1) is 9.67. The number of rotatable bonds is 5. The normalized spacial score (nSPS) is 21.3. The molecule has 1 saturated heterocycles. The minimum atomic E-state index is -3.71. The van der Waals surface area contributed by atoms with Crippen molar-refractivity contribution >= 4 is 46.8 Å². The summed E-state index contributed by atoms with van der Waals surface area (Å²) < 4.78 is 44.9. The first-order valence-corrected chi connectivity index (χ1v) is 11.1. The van der Waals surface area contributed by atoms with Crippen LogP contribution in [0.5, 0.6) is 0 Å². The summed E-state index contributed by atoms with van der Waals surface area (Å²) >= 11 is 1.06. The summed E-state index contributed by atoms with van der Waals surface area (Å²) in [5, 5.41) is 2.68. The van der Waals surface area contributed by atoms with Gasteiger partial charge in [0.2, 0.25) is 5.91 Å². The van der Waals surface area contributed by atoms with Crippen molar-refractivity contribution in [3.8, 4) is 0 Å². The summed E-state index contributed by atoms with van der Waals surface area (Å²) in [4.78, 5) is 12.6. The molecule has 0 radical (unpaired) electrons. The third-order valence-electron chi connectivity index (χ3n) is 3.15. The molecule has 6 nitrogen and oxygen atoms in total. The summed E-state index contributed by atoms with van der Waals surface area (Å²) in [6.07, 6.45) is 0.837. The van der Waals surface area contributed by atoms with Gasteiger partial charge in [-0.3, -0.25) is 4.79 Å². The van der Waals surface area contributed by atoms with Crippen molar-refractivity contribution in [2.75, 3.05) is 18.1 Å². The van der Waals surface area contributed by atoms with Crippen molar-refractivity contribution in [3.63, 3.8) is 0 Å². The zero-order valence-corrected chi connectivity index (χ0v) is 14.1. The van der Waals surface area contributed by atoms with Gasteiger partial charge in [0.15, 0.2) is 9.84 Å².